The summed E-state index contributed by atoms with van der Waals surface area (Å²) in [4.78, 5) is 22.5. The number of hydrogen-bond donors (Lipinski definition) is 1. The van der Waals surface area contributed by atoms with Gasteiger partial charge in [-0.3, -0.25) is 0 Å². The topological polar surface area (TPSA) is 89.7 Å². The van der Waals surface area contributed by atoms with Gasteiger partial charge in [0.15, 0.2) is 0 Å². The molecule has 24 heavy (non-hydrogen) atoms. The molecule has 0 radical (unpaired) electrons. The number of ether oxygens (including phenoxy) is 1. The van der Waals surface area contributed by atoms with Gasteiger partial charge in [-0.25, -0.2) is 0 Å². The van der Waals surface area contributed by atoms with Gasteiger partial charge in [0.1, 0.15) is 0 Å². The maximum absolute atomic E-state index is 12.0. The van der Waals surface area contributed by atoms with E-state index in [9.17, 15) is 20.0 Å². The Morgan fingerprint density at radius 3 is 2.50 bits per heavy atom. The number of hydrogen-bond acceptors (Lipinski definition) is 5. The number of carbonyl (C=O) groups excluding carboxylic acids is 1. The molecule has 2 aromatic carbocycles. The van der Waals surface area contributed by atoms with Crippen molar-refractivity contribution in [2.75, 3.05) is 0 Å². The van der Waals surface area contributed by atoms with Gasteiger partial charge in [0.2, 0.25) is 0 Å². The fourth-order valence-corrected chi connectivity index (χ4v) is 4.21. The summed E-state index contributed by atoms with van der Waals surface area (Å²) in [6.07, 6.45) is -0.629. The van der Waals surface area contributed by atoms with E-state index in [1.807, 2.05) is 30.3 Å². The van der Waals surface area contributed by atoms with E-state index in [0.29, 0.717) is 4.47 Å². The van der Waals surface area contributed by atoms with Crippen LogP contribution in [0.2, 0.25) is 0 Å². The van der Waals surface area contributed by atoms with Crippen LogP contribution in [-0.4, -0.2) is 37.1 Å². The Morgan fingerprint density at radius 1 is 1.12 bits per heavy atom. The number of rotatable bonds is 5. The van der Waals surface area contributed by atoms with Gasteiger partial charge < -0.3 is 0 Å². The molecule has 1 aliphatic heterocycles. The first-order chi connectivity index (χ1) is 11.6. The number of nitro benzene ring substituents is 1. The molecule has 0 fully saturated rings. The van der Waals surface area contributed by atoms with Crippen molar-refractivity contribution in [3.63, 3.8) is 0 Å². The normalized spacial score (nSPS) is 18.0. The van der Waals surface area contributed by atoms with E-state index in [4.69, 9.17) is 4.74 Å². The fourth-order valence-electron chi connectivity index (χ4n) is 2.36. The monoisotopic (exact) mass is 391 g/mol. The van der Waals surface area contributed by atoms with E-state index in [-0.39, 0.29) is 26.2 Å². The van der Waals surface area contributed by atoms with E-state index in [2.05, 4.69) is 0 Å². The average Bonchev–Trinajstić information content (AvgIpc) is 2.96. The minimum absolute atomic E-state index is 0.130. The number of para-hydroxylation sites is 1. The summed E-state index contributed by atoms with van der Waals surface area (Å²) in [5, 5.41) is 21.5. The number of nitrogens with zero attached hydrogens (tertiary/aromatic N) is 1. The van der Waals surface area contributed by atoms with Gasteiger partial charge in [-0.15, -0.1) is 0 Å². The summed E-state index contributed by atoms with van der Waals surface area (Å²) in [6, 6.07) is 15.4. The number of cyclic esters (lactones) is 1. The van der Waals surface area contributed by atoms with Crippen LogP contribution >= 0.6 is 0 Å². The third-order valence-corrected chi connectivity index (χ3v) is 5.66. The first-order valence-corrected chi connectivity index (χ1v) is 8.84. The van der Waals surface area contributed by atoms with Crippen LogP contribution in [0.25, 0.3) is 0 Å². The van der Waals surface area contributed by atoms with Gasteiger partial charge in [0.25, 0.3) is 0 Å². The van der Waals surface area contributed by atoms with Crippen LogP contribution in [0.15, 0.2) is 65.1 Å². The van der Waals surface area contributed by atoms with Crippen molar-refractivity contribution in [3.05, 3.63) is 80.8 Å². The van der Waals surface area contributed by atoms with Crippen molar-refractivity contribution in [2.24, 2.45) is 0 Å². The third kappa shape index (κ3) is 3.38. The van der Waals surface area contributed by atoms with Gasteiger partial charge >= 0.3 is 144 Å². The predicted molar refractivity (Wildman–Crippen MR) is 87.8 cm³/mol. The SMILES string of the molecule is O=C1O[C@@H]([C@H](O)c2ccccc2[N+](=O)[O-])C=C1[Se]c1ccccc1. The molecular weight excluding hydrogens is 377 g/mol. The molecule has 0 aromatic heterocycles. The van der Waals surface area contributed by atoms with Gasteiger partial charge in [-0.1, -0.05) is 0 Å². The molecule has 0 spiro atoms. The van der Waals surface area contributed by atoms with Crippen LogP contribution in [0.1, 0.15) is 11.7 Å². The zero-order chi connectivity index (χ0) is 17.1. The Morgan fingerprint density at radius 2 is 1.79 bits per heavy atom. The molecule has 0 bridgehead atoms. The van der Waals surface area contributed by atoms with Crippen LogP contribution in [0.5, 0.6) is 0 Å². The summed E-state index contributed by atoms with van der Waals surface area (Å²) in [6.45, 7) is 0. The summed E-state index contributed by atoms with van der Waals surface area (Å²) >= 11 is -0.241. The number of benzene rings is 2. The second kappa shape index (κ2) is 6.96. The summed E-state index contributed by atoms with van der Waals surface area (Å²) in [7, 11) is 0. The summed E-state index contributed by atoms with van der Waals surface area (Å²) < 4.78 is 6.71. The van der Waals surface area contributed by atoms with E-state index in [1.54, 1.807) is 12.1 Å². The number of nitro groups is 1. The Balaban J connectivity index is 1.83. The molecule has 2 atom stereocenters. The van der Waals surface area contributed by atoms with Crippen molar-refractivity contribution < 1.29 is 19.6 Å². The van der Waals surface area contributed by atoms with E-state index < -0.39 is 23.1 Å². The zero-order valence-electron chi connectivity index (χ0n) is 12.4. The molecule has 0 unspecified atom stereocenters. The van der Waals surface area contributed by atoms with E-state index in [0.717, 1.165) is 4.46 Å². The molecule has 7 heteroatoms. The fraction of sp³-hybridized carbons (Fsp3) is 0.118. The molecule has 1 aliphatic rings. The molecule has 3 rings (SSSR count). The van der Waals surface area contributed by atoms with Gasteiger partial charge in [0, 0.05) is 0 Å². The van der Waals surface area contributed by atoms with E-state index >= 15 is 0 Å². The predicted octanol–water partition coefficient (Wildman–Crippen LogP) is 1.47. The zero-order valence-corrected chi connectivity index (χ0v) is 14.1. The van der Waals surface area contributed by atoms with Gasteiger partial charge in [0.05, 0.1) is 0 Å². The van der Waals surface area contributed by atoms with Crippen LogP contribution < -0.4 is 4.46 Å². The van der Waals surface area contributed by atoms with Crippen LogP contribution in [-0.2, 0) is 9.53 Å². The second-order valence-corrected chi connectivity index (χ2v) is 7.42. The first kappa shape index (κ1) is 16.4. The van der Waals surface area contributed by atoms with Gasteiger partial charge in [-0.05, 0) is 0 Å². The van der Waals surface area contributed by atoms with E-state index in [1.165, 1.54) is 18.2 Å². The number of carbonyl (C=O) groups is 1. The molecular formula is C17H13NO5Se. The average molecular weight is 390 g/mol. The van der Waals surface area contributed by atoms with Crippen molar-refractivity contribution in [2.45, 2.75) is 12.2 Å². The number of aliphatic hydroxyl groups excluding tert-OH is 1. The second-order valence-electron chi connectivity index (χ2n) is 5.08. The first-order valence-electron chi connectivity index (χ1n) is 7.13. The third-order valence-electron chi connectivity index (χ3n) is 3.49. The number of aliphatic hydroxyl groups is 1. The van der Waals surface area contributed by atoms with Gasteiger partial charge in [-0.2, -0.15) is 0 Å². The van der Waals surface area contributed by atoms with Crippen LogP contribution in [0.3, 0.4) is 0 Å². The quantitative estimate of drug-likeness (QED) is 0.362. The Kier molecular flexibility index (Phi) is 4.76. The molecule has 0 saturated heterocycles. The Hall–Kier alpha value is -2.47. The Bertz CT molecular complexity index is 806. The van der Waals surface area contributed by atoms with Crippen molar-refractivity contribution in [1.29, 1.82) is 0 Å². The summed E-state index contributed by atoms with van der Waals surface area (Å²) in [5.74, 6) is -0.485. The van der Waals surface area contributed by atoms with Crippen LogP contribution in [0, 0.1) is 10.1 Å². The van der Waals surface area contributed by atoms with Crippen molar-refractivity contribution >= 4 is 31.1 Å². The standard InChI is InChI=1S/C17H13NO5Se/c19-16(12-8-4-5-9-13(12)18(21)22)14-10-15(17(20)23-14)24-11-6-2-1-3-7-11/h1-10,14,16,19H/t14-,16-/m1/s1. The number of esters is 1. The minimum atomic E-state index is -1.28. The molecule has 1 N–H and O–H groups in total. The molecule has 0 amide bonds. The maximum atomic E-state index is 12.0. The van der Waals surface area contributed by atoms with Crippen molar-refractivity contribution in [1.82, 2.24) is 0 Å². The summed E-state index contributed by atoms with van der Waals surface area (Å²) in [5.41, 5.74) is -0.0681. The molecule has 2 aromatic rings. The van der Waals surface area contributed by atoms with Crippen LogP contribution in [0.4, 0.5) is 5.69 Å². The van der Waals surface area contributed by atoms with Crippen molar-refractivity contribution in [3.8, 4) is 0 Å². The molecule has 0 saturated carbocycles. The molecule has 6 nitrogen and oxygen atoms in total. The molecule has 1 heterocycles. The molecule has 122 valence electrons. The Labute approximate surface area is 144 Å². The molecule has 0 aliphatic carbocycles.